The van der Waals surface area contributed by atoms with E-state index in [4.69, 9.17) is 4.84 Å². The lowest BCUT2D eigenvalue weighted by Crippen LogP contribution is -2.49. The summed E-state index contributed by atoms with van der Waals surface area (Å²) in [6.07, 6.45) is 0.114. The van der Waals surface area contributed by atoms with Crippen molar-refractivity contribution in [3.05, 3.63) is 0 Å². The van der Waals surface area contributed by atoms with Crippen molar-refractivity contribution in [3.63, 3.8) is 0 Å². The lowest BCUT2D eigenvalue weighted by atomic mass is 9.97. The molecule has 0 radical (unpaired) electrons. The van der Waals surface area contributed by atoms with Crippen LogP contribution < -0.4 is 0 Å². The largest absolute Gasteiger partial charge is 0.465 e. The highest BCUT2D eigenvalue weighted by Gasteiger charge is 2.42. The van der Waals surface area contributed by atoms with Crippen molar-refractivity contribution in [2.45, 2.75) is 13.3 Å². The predicted octanol–water partition coefficient (Wildman–Crippen LogP) is -0.472. The Morgan fingerprint density at radius 1 is 1.53 bits per heavy atom. The number of rotatable bonds is 3. The molecular weight excluding hydrogens is 202 g/mol. The second kappa shape index (κ2) is 4.88. The predicted molar refractivity (Wildman–Crippen MR) is 48.5 cm³/mol. The average molecular weight is 215 g/mol. The monoisotopic (exact) mass is 215 g/mol. The van der Waals surface area contributed by atoms with Crippen molar-refractivity contribution >= 4 is 17.7 Å². The molecule has 1 aliphatic rings. The number of piperidine rings is 1. The Morgan fingerprint density at radius 2 is 2.20 bits per heavy atom. The average Bonchev–Trinajstić information content (AvgIpc) is 2.18. The minimum atomic E-state index is -1.35. The second-order valence-electron chi connectivity index (χ2n) is 3.02. The molecule has 0 aliphatic carbocycles. The fourth-order valence-electron chi connectivity index (χ4n) is 1.39. The Labute approximate surface area is 87.1 Å². The number of hydrogen-bond acceptors (Lipinski definition) is 5. The molecule has 0 aromatic carbocycles. The van der Waals surface area contributed by atoms with E-state index in [1.807, 2.05) is 0 Å². The van der Waals surface area contributed by atoms with E-state index in [0.29, 0.717) is 0 Å². The van der Waals surface area contributed by atoms with Crippen molar-refractivity contribution in [2.24, 2.45) is 5.92 Å². The van der Waals surface area contributed by atoms with E-state index in [2.05, 4.69) is 4.74 Å². The van der Waals surface area contributed by atoms with Gasteiger partial charge < -0.3 is 4.74 Å². The lowest BCUT2D eigenvalue weighted by molar-refractivity contribution is -0.191. The van der Waals surface area contributed by atoms with E-state index in [9.17, 15) is 14.4 Å². The second-order valence-corrected chi connectivity index (χ2v) is 3.02. The van der Waals surface area contributed by atoms with Crippen molar-refractivity contribution in [1.82, 2.24) is 5.06 Å². The van der Waals surface area contributed by atoms with E-state index < -0.39 is 23.6 Å². The van der Waals surface area contributed by atoms with Gasteiger partial charge in [-0.25, -0.2) is 5.06 Å². The highest BCUT2D eigenvalue weighted by Crippen LogP contribution is 2.16. The van der Waals surface area contributed by atoms with Crippen molar-refractivity contribution in [1.29, 1.82) is 0 Å². The molecule has 1 amide bonds. The fourth-order valence-corrected chi connectivity index (χ4v) is 1.39. The van der Waals surface area contributed by atoms with Crippen LogP contribution in [0.25, 0.3) is 0 Å². The van der Waals surface area contributed by atoms with Crippen LogP contribution in [0, 0.1) is 5.92 Å². The normalized spacial score (nSPS) is 21.7. The molecule has 1 aliphatic heterocycles. The lowest BCUT2D eigenvalue weighted by Gasteiger charge is -2.27. The zero-order valence-corrected chi connectivity index (χ0v) is 8.69. The third-order valence-electron chi connectivity index (χ3n) is 2.12. The van der Waals surface area contributed by atoms with Gasteiger partial charge in [-0.15, -0.1) is 0 Å². The van der Waals surface area contributed by atoms with Crippen molar-refractivity contribution in [3.8, 4) is 0 Å². The SMILES string of the molecule is CCOC(=O)C1C(=O)CCN(OC)C1=O. The van der Waals surface area contributed by atoms with Crippen LogP contribution in [0.1, 0.15) is 13.3 Å². The standard InChI is InChI=1S/C9H13NO5/c1-3-15-9(13)7-6(11)4-5-10(14-2)8(7)12/h7H,3-5H2,1-2H3. The van der Waals surface area contributed by atoms with Crippen LogP contribution in [0.2, 0.25) is 0 Å². The molecule has 0 saturated carbocycles. The third kappa shape index (κ3) is 2.33. The first-order valence-corrected chi connectivity index (χ1v) is 4.66. The Bertz CT molecular complexity index is 288. The Balaban J connectivity index is 2.78. The van der Waals surface area contributed by atoms with Gasteiger partial charge in [0.2, 0.25) is 0 Å². The highest BCUT2D eigenvalue weighted by atomic mass is 16.7. The van der Waals surface area contributed by atoms with Gasteiger partial charge in [-0.3, -0.25) is 19.2 Å². The highest BCUT2D eigenvalue weighted by molar-refractivity contribution is 6.17. The molecule has 84 valence electrons. The van der Waals surface area contributed by atoms with E-state index >= 15 is 0 Å². The van der Waals surface area contributed by atoms with Gasteiger partial charge in [0.1, 0.15) is 0 Å². The van der Waals surface area contributed by atoms with Gasteiger partial charge in [0.05, 0.1) is 20.3 Å². The summed E-state index contributed by atoms with van der Waals surface area (Å²) < 4.78 is 4.65. The van der Waals surface area contributed by atoms with Crippen LogP contribution in [-0.2, 0) is 24.0 Å². The smallest absolute Gasteiger partial charge is 0.326 e. The minimum absolute atomic E-state index is 0.114. The number of hydroxylamine groups is 2. The van der Waals surface area contributed by atoms with Gasteiger partial charge in [0, 0.05) is 6.42 Å². The number of hydrogen-bond donors (Lipinski definition) is 0. The maximum absolute atomic E-state index is 11.6. The van der Waals surface area contributed by atoms with Gasteiger partial charge in [-0.05, 0) is 6.92 Å². The molecular formula is C9H13NO5. The summed E-state index contributed by atoms with van der Waals surface area (Å²) in [7, 11) is 1.32. The van der Waals surface area contributed by atoms with Crippen LogP contribution in [0.3, 0.4) is 0 Å². The minimum Gasteiger partial charge on any atom is -0.465 e. The number of esters is 1. The number of Topliss-reactive ketones (excluding diaryl/α,β-unsaturated/α-hetero) is 1. The van der Waals surface area contributed by atoms with Gasteiger partial charge in [-0.2, -0.15) is 0 Å². The molecule has 6 nitrogen and oxygen atoms in total. The number of carbonyl (C=O) groups excluding carboxylic acids is 3. The summed E-state index contributed by atoms with van der Waals surface area (Å²) in [4.78, 5) is 39.0. The number of ketones is 1. The molecule has 6 heteroatoms. The van der Waals surface area contributed by atoms with Crippen LogP contribution in [0.5, 0.6) is 0 Å². The zero-order valence-electron chi connectivity index (χ0n) is 8.69. The van der Waals surface area contributed by atoms with Crippen molar-refractivity contribution in [2.75, 3.05) is 20.3 Å². The molecule has 1 atom stereocenters. The third-order valence-corrected chi connectivity index (χ3v) is 2.12. The first kappa shape index (κ1) is 11.6. The molecule has 0 spiro atoms. The summed E-state index contributed by atoms with van der Waals surface area (Å²) in [6.45, 7) is 1.94. The van der Waals surface area contributed by atoms with E-state index in [1.54, 1.807) is 6.92 Å². The Kier molecular flexibility index (Phi) is 3.79. The molecule has 15 heavy (non-hydrogen) atoms. The van der Waals surface area contributed by atoms with E-state index in [0.717, 1.165) is 5.06 Å². The molecule has 0 N–H and O–H groups in total. The molecule has 0 bridgehead atoms. The molecule has 1 saturated heterocycles. The quantitative estimate of drug-likeness (QED) is 0.470. The molecule has 1 rings (SSSR count). The summed E-state index contributed by atoms with van der Waals surface area (Å²) >= 11 is 0. The van der Waals surface area contributed by atoms with Gasteiger partial charge >= 0.3 is 5.97 Å². The fraction of sp³-hybridized carbons (Fsp3) is 0.667. The first-order valence-electron chi connectivity index (χ1n) is 4.66. The number of amides is 1. The topological polar surface area (TPSA) is 72.9 Å². The van der Waals surface area contributed by atoms with Crippen LogP contribution in [0.4, 0.5) is 0 Å². The summed E-state index contributed by atoms with van der Waals surface area (Å²) in [5.41, 5.74) is 0. The first-order chi connectivity index (χ1) is 7.11. The molecule has 1 fully saturated rings. The van der Waals surface area contributed by atoms with Crippen LogP contribution in [-0.4, -0.2) is 43.0 Å². The van der Waals surface area contributed by atoms with Gasteiger partial charge in [0.25, 0.3) is 5.91 Å². The molecule has 0 aromatic rings. The molecule has 0 aromatic heterocycles. The van der Waals surface area contributed by atoms with Crippen LogP contribution >= 0.6 is 0 Å². The Morgan fingerprint density at radius 3 is 2.73 bits per heavy atom. The Hall–Kier alpha value is -1.43. The summed E-state index contributed by atoms with van der Waals surface area (Å²) in [6, 6.07) is 0. The maximum atomic E-state index is 11.6. The van der Waals surface area contributed by atoms with E-state index in [-0.39, 0.29) is 19.6 Å². The van der Waals surface area contributed by atoms with Gasteiger partial charge in [-0.1, -0.05) is 0 Å². The molecule has 1 unspecified atom stereocenters. The maximum Gasteiger partial charge on any atom is 0.326 e. The number of nitrogens with zero attached hydrogens (tertiary/aromatic N) is 1. The molecule has 1 heterocycles. The van der Waals surface area contributed by atoms with Crippen LogP contribution in [0.15, 0.2) is 0 Å². The number of carbonyl (C=O) groups is 3. The van der Waals surface area contributed by atoms with Gasteiger partial charge in [0.15, 0.2) is 11.7 Å². The zero-order chi connectivity index (χ0) is 11.4. The van der Waals surface area contributed by atoms with Crippen molar-refractivity contribution < 1.29 is 24.0 Å². The summed E-state index contributed by atoms with van der Waals surface area (Å²) in [5.74, 6) is -3.20. The summed E-state index contributed by atoms with van der Waals surface area (Å²) in [5, 5.41) is 1.00. The number of ether oxygens (including phenoxy) is 1. The van der Waals surface area contributed by atoms with E-state index in [1.165, 1.54) is 7.11 Å².